The summed E-state index contributed by atoms with van der Waals surface area (Å²) in [5.74, 6) is -1.21. The van der Waals surface area contributed by atoms with Gasteiger partial charge >= 0.3 is 11.9 Å². The Hall–Kier alpha value is -1.63. The number of amides is 1. The minimum Gasteiger partial charge on any atom is -0.480 e. The Morgan fingerprint density at radius 2 is 0.768 bits per heavy atom. The van der Waals surface area contributed by atoms with Gasteiger partial charge in [0.15, 0.2) is 0 Å². The van der Waals surface area contributed by atoms with Crippen LogP contribution in [0.2, 0.25) is 0 Å². The first-order valence-electron chi connectivity index (χ1n) is 24.9. The Morgan fingerprint density at radius 3 is 1.11 bits per heavy atom. The number of unbranched alkanes of at least 4 members (excludes halogenated alkanes) is 32. The molecule has 0 aliphatic rings. The molecule has 56 heavy (non-hydrogen) atoms. The number of hydrogen-bond acceptors (Lipinski definition) is 5. The van der Waals surface area contributed by atoms with Crippen LogP contribution in [-0.4, -0.2) is 41.6 Å². The molecule has 0 spiro atoms. The number of esters is 1. The lowest BCUT2D eigenvalue weighted by Crippen LogP contribution is -2.40. The van der Waals surface area contributed by atoms with Crippen LogP contribution >= 0.6 is 0 Å². The predicted octanol–water partition coefficient (Wildman–Crippen LogP) is 14.5. The van der Waals surface area contributed by atoms with Crippen LogP contribution in [0.5, 0.6) is 0 Å². The minimum atomic E-state index is -1.000. The van der Waals surface area contributed by atoms with E-state index in [2.05, 4.69) is 19.2 Å². The quantitative estimate of drug-likeness (QED) is 0.0417. The Kier molecular flexibility index (Phi) is 43.2. The first-order valence-corrected chi connectivity index (χ1v) is 24.9. The van der Waals surface area contributed by atoms with Crippen LogP contribution in [0.3, 0.4) is 0 Å². The topological polar surface area (TPSA) is 119 Å². The van der Waals surface area contributed by atoms with Crippen molar-refractivity contribution < 1.29 is 24.2 Å². The normalized spacial score (nSPS) is 12.5. The molecule has 0 saturated heterocycles. The number of carboxylic acid groups (broad SMARTS) is 1. The molecule has 0 aromatic rings. The Balaban J connectivity index is 4.07. The molecule has 332 valence electrons. The molecular weight excluding hydrogens is 697 g/mol. The van der Waals surface area contributed by atoms with Gasteiger partial charge in [0.25, 0.3) is 0 Å². The van der Waals surface area contributed by atoms with Crippen molar-refractivity contribution in [3.05, 3.63) is 0 Å². The number of carbonyl (C=O) groups is 3. The molecule has 0 bridgehead atoms. The maximum Gasteiger partial charge on any atom is 0.326 e. The maximum absolute atomic E-state index is 12.8. The lowest BCUT2D eigenvalue weighted by molar-refractivity contribution is -0.150. The highest BCUT2D eigenvalue weighted by atomic mass is 16.5. The molecule has 0 aromatic heterocycles. The third-order valence-corrected chi connectivity index (χ3v) is 11.7. The summed E-state index contributed by atoms with van der Waals surface area (Å²) in [5.41, 5.74) is 5.49. The van der Waals surface area contributed by atoms with E-state index in [0.29, 0.717) is 32.2 Å². The zero-order valence-corrected chi connectivity index (χ0v) is 37.5. The van der Waals surface area contributed by atoms with E-state index in [-0.39, 0.29) is 18.0 Å². The fraction of sp³-hybridized carbons (Fsp3) is 0.939. The second-order valence-electron chi connectivity index (χ2n) is 17.2. The van der Waals surface area contributed by atoms with E-state index in [0.717, 1.165) is 64.2 Å². The zero-order chi connectivity index (χ0) is 41.0. The number of aliphatic carboxylic acids is 1. The van der Waals surface area contributed by atoms with E-state index < -0.39 is 12.0 Å². The average Bonchev–Trinajstić information content (AvgIpc) is 3.18. The van der Waals surface area contributed by atoms with Gasteiger partial charge in [-0.2, -0.15) is 0 Å². The van der Waals surface area contributed by atoms with Crippen LogP contribution < -0.4 is 11.1 Å². The number of nitrogens with two attached hydrogens (primary N) is 1. The Bertz CT molecular complexity index is 852. The van der Waals surface area contributed by atoms with Crippen LogP contribution in [0, 0.1) is 0 Å². The van der Waals surface area contributed by atoms with Gasteiger partial charge in [0.05, 0.1) is 0 Å². The number of hydrogen-bond donors (Lipinski definition) is 3. The van der Waals surface area contributed by atoms with Gasteiger partial charge in [-0.05, 0) is 57.9 Å². The molecule has 2 unspecified atom stereocenters. The van der Waals surface area contributed by atoms with Crippen molar-refractivity contribution in [3.8, 4) is 0 Å². The molecule has 0 aliphatic heterocycles. The van der Waals surface area contributed by atoms with Crippen molar-refractivity contribution in [1.82, 2.24) is 5.32 Å². The second-order valence-corrected chi connectivity index (χ2v) is 17.2. The predicted molar refractivity (Wildman–Crippen MR) is 239 cm³/mol. The van der Waals surface area contributed by atoms with Crippen molar-refractivity contribution >= 4 is 17.8 Å². The van der Waals surface area contributed by atoms with Gasteiger partial charge in [0.2, 0.25) is 5.91 Å². The summed E-state index contributed by atoms with van der Waals surface area (Å²) in [4.78, 5) is 36.4. The first-order chi connectivity index (χ1) is 27.4. The van der Waals surface area contributed by atoms with E-state index in [1.807, 2.05) is 0 Å². The van der Waals surface area contributed by atoms with Gasteiger partial charge in [0.1, 0.15) is 12.1 Å². The third-order valence-electron chi connectivity index (χ3n) is 11.7. The second kappa shape index (κ2) is 44.5. The molecule has 0 rings (SSSR count). The van der Waals surface area contributed by atoms with E-state index in [4.69, 9.17) is 10.5 Å². The van der Waals surface area contributed by atoms with Crippen LogP contribution in [0.4, 0.5) is 0 Å². The summed E-state index contributed by atoms with van der Waals surface area (Å²) < 4.78 is 6.06. The van der Waals surface area contributed by atoms with Crippen LogP contribution in [0.25, 0.3) is 0 Å². The monoisotopic (exact) mass is 793 g/mol. The summed E-state index contributed by atoms with van der Waals surface area (Å²) in [6, 6.07) is -0.852. The summed E-state index contributed by atoms with van der Waals surface area (Å²) in [6.45, 7) is 4.97. The zero-order valence-electron chi connectivity index (χ0n) is 37.5. The fourth-order valence-corrected chi connectivity index (χ4v) is 7.92. The molecule has 1 amide bonds. The summed E-state index contributed by atoms with van der Waals surface area (Å²) in [6.07, 6.45) is 48.8. The molecule has 0 heterocycles. The molecule has 4 N–H and O–H groups in total. The molecule has 0 aromatic carbocycles. The molecular formula is C49H96N2O5. The molecule has 0 aliphatic carbocycles. The highest BCUT2D eigenvalue weighted by molar-refractivity contribution is 5.83. The minimum absolute atomic E-state index is 0.0131. The Labute approximate surface area is 348 Å². The highest BCUT2D eigenvalue weighted by Gasteiger charge is 2.19. The van der Waals surface area contributed by atoms with E-state index in [1.165, 1.54) is 173 Å². The van der Waals surface area contributed by atoms with Crippen LogP contribution in [0.1, 0.15) is 277 Å². The van der Waals surface area contributed by atoms with Crippen molar-refractivity contribution in [2.45, 2.75) is 289 Å². The van der Waals surface area contributed by atoms with Crippen molar-refractivity contribution in [2.24, 2.45) is 5.73 Å². The van der Waals surface area contributed by atoms with Crippen molar-refractivity contribution in [3.63, 3.8) is 0 Å². The molecule has 7 heteroatoms. The molecule has 7 nitrogen and oxygen atoms in total. The molecule has 0 fully saturated rings. The number of rotatable bonds is 46. The van der Waals surface area contributed by atoms with Crippen molar-refractivity contribution in [2.75, 3.05) is 6.54 Å². The van der Waals surface area contributed by atoms with Gasteiger partial charge in [0, 0.05) is 12.8 Å². The fourth-order valence-electron chi connectivity index (χ4n) is 7.92. The first kappa shape index (κ1) is 54.4. The lowest BCUT2D eigenvalue weighted by Gasteiger charge is -2.18. The standard InChI is InChI=1S/C49H96N2O5/c1-3-5-7-9-11-13-14-15-16-17-18-19-20-21-22-23-24-26-28-33-37-43-48(53)56-45(39-34-30-27-25-12-10-8-6-4-2)40-35-31-29-32-36-42-47(52)51-46(49(54)55)41-38-44-50/h45-46H,3-44,50H2,1-2H3,(H,51,52)(H,54,55). The average molecular weight is 793 g/mol. The van der Waals surface area contributed by atoms with E-state index in [9.17, 15) is 19.5 Å². The van der Waals surface area contributed by atoms with Gasteiger partial charge in [-0.15, -0.1) is 0 Å². The Morgan fingerprint density at radius 1 is 0.446 bits per heavy atom. The highest BCUT2D eigenvalue weighted by Crippen LogP contribution is 2.20. The van der Waals surface area contributed by atoms with E-state index >= 15 is 0 Å². The maximum atomic E-state index is 12.8. The largest absolute Gasteiger partial charge is 0.480 e. The SMILES string of the molecule is CCCCCCCCCCCCCCCCCCCCCCCC(=O)OC(CCCCCCCCCCC)CCCCCCCC(=O)NC(CCCN)C(=O)O. The number of carboxylic acids is 1. The van der Waals surface area contributed by atoms with Gasteiger partial charge in [-0.25, -0.2) is 4.79 Å². The smallest absolute Gasteiger partial charge is 0.326 e. The summed E-state index contributed by atoms with van der Waals surface area (Å²) >= 11 is 0. The van der Waals surface area contributed by atoms with Crippen LogP contribution in [-0.2, 0) is 19.1 Å². The summed E-state index contributed by atoms with van der Waals surface area (Å²) in [7, 11) is 0. The van der Waals surface area contributed by atoms with Crippen molar-refractivity contribution in [1.29, 1.82) is 0 Å². The van der Waals surface area contributed by atoms with Gasteiger partial charge in [-0.3, -0.25) is 9.59 Å². The molecule has 0 saturated carbocycles. The van der Waals surface area contributed by atoms with E-state index in [1.54, 1.807) is 0 Å². The van der Waals surface area contributed by atoms with Crippen LogP contribution in [0.15, 0.2) is 0 Å². The third kappa shape index (κ3) is 40.6. The number of carbonyl (C=O) groups excluding carboxylic acids is 2. The number of ether oxygens (including phenoxy) is 1. The lowest BCUT2D eigenvalue weighted by atomic mass is 10.0. The van der Waals surface area contributed by atoms with Gasteiger partial charge < -0.3 is 20.9 Å². The van der Waals surface area contributed by atoms with Gasteiger partial charge in [-0.1, -0.05) is 213 Å². The molecule has 2 atom stereocenters. The molecule has 0 radical (unpaired) electrons. The number of nitrogens with one attached hydrogen (secondary N) is 1. The summed E-state index contributed by atoms with van der Waals surface area (Å²) in [5, 5.41) is 12.0.